The van der Waals surface area contributed by atoms with E-state index in [1.807, 2.05) is 0 Å². The molecule has 2 aromatic carbocycles. The van der Waals surface area contributed by atoms with E-state index >= 15 is 0 Å². The summed E-state index contributed by atoms with van der Waals surface area (Å²) in [5.74, 6) is 0.229. The highest BCUT2D eigenvalue weighted by Crippen LogP contribution is 2.22. The third-order valence-corrected chi connectivity index (χ3v) is 4.79. The standard InChI is InChI=1S/C15H15BrN2O3S/c1-10-7-12(8-11(2)15(10)19)9-17-18-22(20,21)14-5-3-13(16)4-6-14/h3-9,18-19H,1-2H3/b17-9+. The maximum absolute atomic E-state index is 12.0. The third kappa shape index (κ3) is 3.86. The van der Waals surface area contributed by atoms with E-state index in [2.05, 4.69) is 25.9 Å². The highest BCUT2D eigenvalue weighted by Gasteiger charge is 2.12. The van der Waals surface area contributed by atoms with Gasteiger partial charge in [-0.3, -0.25) is 0 Å². The van der Waals surface area contributed by atoms with Crippen LogP contribution in [0.1, 0.15) is 16.7 Å². The lowest BCUT2D eigenvalue weighted by atomic mass is 10.1. The minimum atomic E-state index is -3.69. The molecule has 0 aromatic heterocycles. The van der Waals surface area contributed by atoms with Crippen LogP contribution in [0.15, 0.2) is 50.9 Å². The summed E-state index contributed by atoms with van der Waals surface area (Å²) in [7, 11) is -3.69. The van der Waals surface area contributed by atoms with Crippen LogP contribution in [-0.2, 0) is 10.0 Å². The first kappa shape index (κ1) is 16.5. The summed E-state index contributed by atoms with van der Waals surface area (Å²) in [5, 5.41) is 13.5. The lowest BCUT2D eigenvalue weighted by molar-refractivity contribution is 0.467. The SMILES string of the molecule is Cc1cc(/C=N/NS(=O)(=O)c2ccc(Br)cc2)cc(C)c1O. The molecule has 2 aromatic rings. The van der Waals surface area contributed by atoms with Gasteiger partial charge in [0.2, 0.25) is 0 Å². The highest BCUT2D eigenvalue weighted by atomic mass is 79.9. The van der Waals surface area contributed by atoms with Crippen molar-refractivity contribution in [3.05, 3.63) is 57.6 Å². The molecule has 116 valence electrons. The fourth-order valence-electron chi connectivity index (χ4n) is 1.90. The predicted octanol–water partition coefficient (Wildman–Crippen LogP) is 3.08. The molecule has 0 heterocycles. The monoisotopic (exact) mass is 382 g/mol. The van der Waals surface area contributed by atoms with Gasteiger partial charge in [0.15, 0.2) is 0 Å². The van der Waals surface area contributed by atoms with Gasteiger partial charge in [-0.15, -0.1) is 0 Å². The Morgan fingerprint density at radius 2 is 1.68 bits per heavy atom. The quantitative estimate of drug-likeness (QED) is 0.629. The normalized spacial score (nSPS) is 11.8. The van der Waals surface area contributed by atoms with E-state index < -0.39 is 10.0 Å². The van der Waals surface area contributed by atoms with E-state index in [0.717, 1.165) is 4.47 Å². The maximum Gasteiger partial charge on any atom is 0.276 e. The highest BCUT2D eigenvalue weighted by molar-refractivity contribution is 9.10. The molecule has 0 fully saturated rings. The first-order chi connectivity index (χ1) is 10.3. The fourth-order valence-corrected chi connectivity index (χ4v) is 2.96. The number of aryl methyl sites for hydroxylation is 2. The van der Waals surface area contributed by atoms with Gasteiger partial charge in [-0.25, -0.2) is 4.83 Å². The van der Waals surface area contributed by atoms with Gasteiger partial charge in [-0.2, -0.15) is 13.5 Å². The van der Waals surface area contributed by atoms with Crippen LogP contribution in [0.5, 0.6) is 5.75 Å². The second-order valence-electron chi connectivity index (χ2n) is 4.81. The fraction of sp³-hybridized carbons (Fsp3) is 0.133. The molecule has 0 aliphatic rings. The number of hydrogen-bond donors (Lipinski definition) is 2. The van der Waals surface area contributed by atoms with Crippen molar-refractivity contribution in [2.24, 2.45) is 5.10 Å². The molecule has 0 unspecified atom stereocenters. The second-order valence-corrected chi connectivity index (χ2v) is 7.39. The first-order valence-corrected chi connectivity index (χ1v) is 8.68. The second kappa shape index (κ2) is 6.50. The summed E-state index contributed by atoms with van der Waals surface area (Å²) in [5.41, 5.74) is 2.11. The average Bonchev–Trinajstić information content (AvgIpc) is 2.45. The van der Waals surface area contributed by atoms with Crippen LogP contribution in [-0.4, -0.2) is 19.7 Å². The zero-order chi connectivity index (χ0) is 16.3. The van der Waals surface area contributed by atoms with Crippen molar-refractivity contribution in [1.29, 1.82) is 0 Å². The van der Waals surface area contributed by atoms with E-state index in [1.165, 1.54) is 18.3 Å². The molecule has 0 amide bonds. The van der Waals surface area contributed by atoms with Gasteiger partial charge in [0, 0.05) is 4.47 Å². The number of hydrogen-bond acceptors (Lipinski definition) is 4. The van der Waals surface area contributed by atoms with Gasteiger partial charge < -0.3 is 5.11 Å². The van der Waals surface area contributed by atoms with Gasteiger partial charge in [0.1, 0.15) is 5.75 Å². The summed E-state index contributed by atoms with van der Waals surface area (Å²) in [6.45, 7) is 3.54. The Hall–Kier alpha value is -1.86. The number of rotatable bonds is 4. The number of halogens is 1. The van der Waals surface area contributed by atoms with Crippen LogP contribution in [0.3, 0.4) is 0 Å². The molecular formula is C15H15BrN2O3S. The van der Waals surface area contributed by atoms with Crippen LogP contribution in [0.4, 0.5) is 0 Å². The molecule has 0 aliphatic heterocycles. The molecule has 2 rings (SSSR count). The Morgan fingerprint density at radius 3 is 2.23 bits per heavy atom. The van der Waals surface area contributed by atoms with Crippen molar-refractivity contribution in [1.82, 2.24) is 4.83 Å². The Balaban J connectivity index is 2.16. The first-order valence-electron chi connectivity index (χ1n) is 6.40. The summed E-state index contributed by atoms with van der Waals surface area (Å²) in [4.78, 5) is 2.29. The van der Waals surface area contributed by atoms with E-state index in [9.17, 15) is 13.5 Å². The van der Waals surface area contributed by atoms with Crippen LogP contribution in [0, 0.1) is 13.8 Å². The van der Waals surface area contributed by atoms with Crippen LogP contribution < -0.4 is 4.83 Å². The number of aromatic hydroxyl groups is 1. The molecule has 0 aliphatic carbocycles. The third-order valence-electron chi connectivity index (χ3n) is 3.02. The molecule has 0 bridgehead atoms. The Kier molecular flexibility index (Phi) is 4.87. The summed E-state index contributed by atoms with van der Waals surface area (Å²) < 4.78 is 24.9. The maximum atomic E-state index is 12.0. The predicted molar refractivity (Wildman–Crippen MR) is 89.6 cm³/mol. The van der Waals surface area contributed by atoms with Crippen molar-refractivity contribution >= 4 is 32.2 Å². The molecule has 2 N–H and O–H groups in total. The number of benzene rings is 2. The van der Waals surface area contributed by atoms with Gasteiger partial charge >= 0.3 is 0 Å². The van der Waals surface area contributed by atoms with Crippen molar-refractivity contribution in [2.45, 2.75) is 18.7 Å². The molecular weight excluding hydrogens is 368 g/mol. The molecule has 7 heteroatoms. The van der Waals surface area contributed by atoms with E-state index in [1.54, 1.807) is 38.1 Å². The summed E-state index contributed by atoms with van der Waals surface area (Å²) >= 11 is 3.25. The van der Waals surface area contributed by atoms with Crippen molar-refractivity contribution in [2.75, 3.05) is 0 Å². The van der Waals surface area contributed by atoms with Crippen molar-refractivity contribution in [3.8, 4) is 5.75 Å². The summed E-state index contributed by atoms with van der Waals surface area (Å²) in [6, 6.07) is 9.70. The molecule has 0 saturated heterocycles. The number of hydrazone groups is 1. The Morgan fingerprint density at radius 1 is 1.14 bits per heavy atom. The number of phenols is 1. The molecule has 0 saturated carbocycles. The molecule has 22 heavy (non-hydrogen) atoms. The van der Waals surface area contributed by atoms with Crippen molar-refractivity contribution < 1.29 is 13.5 Å². The Bertz CT molecular complexity index is 792. The van der Waals surface area contributed by atoms with E-state index in [4.69, 9.17) is 0 Å². The topological polar surface area (TPSA) is 78.8 Å². The molecule has 0 atom stereocenters. The Labute approximate surface area is 137 Å². The molecule has 0 spiro atoms. The largest absolute Gasteiger partial charge is 0.507 e. The van der Waals surface area contributed by atoms with Crippen LogP contribution in [0.2, 0.25) is 0 Å². The van der Waals surface area contributed by atoms with Crippen molar-refractivity contribution in [3.63, 3.8) is 0 Å². The van der Waals surface area contributed by atoms with E-state index in [-0.39, 0.29) is 10.6 Å². The van der Waals surface area contributed by atoms with Gasteiger partial charge in [-0.05, 0) is 66.9 Å². The zero-order valence-electron chi connectivity index (χ0n) is 12.0. The minimum Gasteiger partial charge on any atom is -0.507 e. The van der Waals surface area contributed by atoms with Gasteiger partial charge in [-0.1, -0.05) is 15.9 Å². The minimum absolute atomic E-state index is 0.130. The zero-order valence-corrected chi connectivity index (χ0v) is 14.4. The molecule has 5 nitrogen and oxygen atoms in total. The van der Waals surface area contributed by atoms with E-state index in [0.29, 0.717) is 16.7 Å². The number of nitrogens with zero attached hydrogens (tertiary/aromatic N) is 1. The van der Waals surface area contributed by atoms with Crippen LogP contribution in [0.25, 0.3) is 0 Å². The average molecular weight is 383 g/mol. The number of nitrogens with one attached hydrogen (secondary N) is 1. The van der Waals surface area contributed by atoms with Gasteiger partial charge in [0.05, 0.1) is 11.1 Å². The lowest BCUT2D eigenvalue weighted by Gasteiger charge is -2.05. The van der Waals surface area contributed by atoms with Crippen LogP contribution >= 0.6 is 15.9 Å². The number of phenolic OH excluding ortho intramolecular Hbond substituents is 1. The summed E-state index contributed by atoms with van der Waals surface area (Å²) in [6.07, 6.45) is 1.40. The lowest BCUT2D eigenvalue weighted by Crippen LogP contribution is -2.18. The smallest absolute Gasteiger partial charge is 0.276 e. The molecule has 0 radical (unpaired) electrons. The van der Waals surface area contributed by atoms with Gasteiger partial charge in [0.25, 0.3) is 10.0 Å². The number of sulfonamides is 1.